The van der Waals surface area contributed by atoms with E-state index in [1.54, 1.807) is 31.2 Å². The quantitative estimate of drug-likeness (QED) is 0.908. The number of aromatic nitrogens is 2. The Morgan fingerprint density at radius 1 is 1.32 bits per heavy atom. The average molecular weight is 281 g/mol. The molecular weight excluding hydrogens is 266 g/mol. The van der Waals surface area contributed by atoms with Gasteiger partial charge in [0.15, 0.2) is 0 Å². The molecule has 0 spiro atoms. The number of nitrogens with zero attached hydrogens (tertiary/aromatic N) is 2. The van der Waals surface area contributed by atoms with Crippen LogP contribution in [0.1, 0.15) is 19.2 Å². The fourth-order valence-electron chi connectivity index (χ4n) is 1.63. The molecule has 1 heterocycles. The van der Waals surface area contributed by atoms with Crippen LogP contribution in [0.2, 0.25) is 0 Å². The summed E-state index contributed by atoms with van der Waals surface area (Å²) in [4.78, 5) is 0. The lowest BCUT2D eigenvalue weighted by Gasteiger charge is -2.07. The lowest BCUT2D eigenvalue weighted by molar-refractivity contribution is 0.533. The van der Waals surface area contributed by atoms with E-state index in [0.717, 1.165) is 0 Å². The Kier molecular flexibility index (Phi) is 3.84. The SMILES string of the molecule is CCCS(=O)(=O)Nc1cccc(-c2nnc(C)o2)c1. The van der Waals surface area contributed by atoms with E-state index in [-0.39, 0.29) is 5.75 Å². The summed E-state index contributed by atoms with van der Waals surface area (Å²) in [5, 5.41) is 7.64. The van der Waals surface area contributed by atoms with Crippen LogP contribution >= 0.6 is 0 Å². The largest absolute Gasteiger partial charge is 0.421 e. The van der Waals surface area contributed by atoms with Crippen molar-refractivity contribution in [3.05, 3.63) is 30.2 Å². The summed E-state index contributed by atoms with van der Waals surface area (Å²) in [5.74, 6) is 0.928. The number of nitrogens with one attached hydrogen (secondary N) is 1. The Balaban J connectivity index is 2.25. The van der Waals surface area contributed by atoms with Crippen LogP contribution in [0.3, 0.4) is 0 Å². The second-order valence-corrected chi connectivity index (χ2v) is 5.97. The normalized spacial score (nSPS) is 11.5. The predicted molar refractivity (Wildman–Crippen MR) is 72.2 cm³/mol. The number of benzene rings is 1. The van der Waals surface area contributed by atoms with Crippen molar-refractivity contribution >= 4 is 15.7 Å². The third-order valence-corrected chi connectivity index (χ3v) is 3.87. The first-order chi connectivity index (χ1) is 9.00. The van der Waals surface area contributed by atoms with Gasteiger partial charge in [0.1, 0.15) is 0 Å². The predicted octanol–water partition coefficient (Wildman–Crippen LogP) is 2.20. The zero-order valence-electron chi connectivity index (χ0n) is 10.8. The summed E-state index contributed by atoms with van der Waals surface area (Å²) >= 11 is 0. The van der Waals surface area contributed by atoms with Crippen LogP contribution in [0, 0.1) is 6.92 Å². The van der Waals surface area contributed by atoms with Crippen molar-refractivity contribution in [1.29, 1.82) is 0 Å². The molecule has 0 saturated heterocycles. The molecule has 2 aromatic rings. The summed E-state index contributed by atoms with van der Waals surface area (Å²) in [6.07, 6.45) is 0.567. The van der Waals surface area contributed by atoms with Crippen molar-refractivity contribution in [2.75, 3.05) is 10.5 Å². The van der Waals surface area contributed by atoms with Gasteiger partial charge in [0.05, 0.1) is 5.75 Å². The molecule has 0 bridgehead atoms. The Morgan fingerprint density at radius 2 is 2.11 bits per heavy atom. The van der Waals surface area contributed by atoms with E-state index >= 15 is 0 Å². The van der Waals surface area contributed by atoms with E-state index in [4.69, 9.17) is 4.42 Å². The Bertz CT molecular complexity index is 664. The third kappa shape index (κ3) is 3.54. The lowest BCUT2D eigenvalue weighted by atomic mass is 10.2. The lowest BCUT2D eigenvalue weighted by Crippen LogP contribution is -2.15. The zero-order valence-corrected chi connectivity index (χ0v) is 11.6. The number of hydrogen-bond donors (Lipinski definition) is 1. The van der Waals surface area contributed by atoms with Crippen LogP contribution in [0.4, 0.5) is 5.69 Å². The Hall–Kier alpha value is -1.89. The molecule has 1 N–H and O–H groups in total. The molecule has 0 fully saturated rings. The minimum absolute atomic E-state index is 0.0941. The maximum Gasteiger partial charge on any atom is 0.247 e. The molecule has 0 unspecified atom stereocenters. The molecule has 6 nitrogen and oxygen atoms in total. The highest BCUT2D eigenvalue weighted by atomic mass is 32.2. The first-order valence-corrected chi connectivity index (χ1v) is 7.56. The fraction of sp³-hybridized carbons (Fsp3) is 0.333. The molecule has 0 atom stereocenters. The first kappa shape index (κ1) is 13.5. The van der Waals surface area contributed by atoms with E-state index in [0.29, 0.717) is 29.5 Å². The second-order valence-electron chi connectivity index (χ2n) is 4.13. The van der Waals surface area contributed by atoms with Crippen LogP contribution in [0.25, 0.3) is 11.5 Å². The average Bonchev–Trinajstić information content (AvgIpc) is 2.75. The molecule has 102 valence electrons. The third-order valence-electron chi connectivity index (χ3n) is 2.38. The number of sulfonamides is 1. The standard InChI is InChI=1S/C12H15N3O3S/c1-3-7-19(16,17)15-11-6-4-5-10(8-11)12-14-13-9(2)18-12/h4-6,8,15H,3,7H2,1-2H3. The van der Waals surface area contributed by atoms with Crippen molar-refractivity contribution in [1.82, 2.24) is 10.2 Å². The molecule has 19 heavy (non-hydrogen) atoms. The van der Waals surface area contributed by atoms with Crippen LogP contribution in [-0.4, -0.2) is 24.4 Å². The van der Waals surface area contributed by atoms with Crippen molar-refractivity contribution in [3.63, 3.8) is 0 Å². The minimum Gasteiger partial charge on any atom is -0.421 e. The minimum atomic E-state index is -3.30. The molecule has 1 aromatic carbocycles. The van der Waals surface area contributed by atoms with E-state index < -0.39 is 10.0 Å². The van der Waals surface area contributed by atoms with Gasteiger partial charge in [0.2, 0.25) is 21.8 Å². The molecule has 7 heteroatoms. The van der Waals surface area contributed by atoms with Gasteiger partial charge in [-0.3, -0.25) is 4.72 Å². The van der Waals surface area contributed by atoms with Crippen molar-refractivity contribution < 1.29 is 12.8 Å². The smallest absolute Gasteiger partial charge is 0.247 e. The van der Waals surface area contributed by atoms with E-state index in [9.17, 15) is 8.42 Å². The molecule has 0 radical (unpaired) electrons. The summed E-state index contributed by atoms with van der Waals surface area (Å²) in [6, 6.07) is 6.86. The zero-order chi connectivity index (χ0) is 13.9. The van der Waals surface area contributed by atoms with E-state index in [1.165, 1.54) is 0 Å². The first-order valence-electron chi connectivity index (χ1n) is 5.91. The number of anilines is 1. The molecule has 1 aromatic heterocycles. The number of rotatable bonds is 5. The molecule has 0 aliphatic heterocycles. The fourth-order valence-corrected chi connectivity index (χ4v) is 2.75. The van der Waals surface area contributed by atoms with Gasteiger partial charge in [0.25, 0.3) is 0 Å². The molecular formula is C12H15N3O3S. The van der Waals surface area contributed by atoms with Gasteiger partial charge in [-0.15, -0.1) is 10.2 Å². The highest BCUT2D eigenvalue weighted by Gasteiger charge is 2.11. The van der Waals surface area contributed by atoms with Crippen LogP contribution in [0.5, 0.6) is 0 Å². The monoisotopic (exact) mass is 281 g/mol. The molecule has 0 aliphatic rings. The van der Waals surface area contributed by atoms with E-state index in [2.05, 4.69) is 14.9 Å². The molecule has 0 saturated carbocycles. The van der Waals surface area contributed by atoms with E-state index in [1.807, 2.05) is 6.92 Å². The number of aryl methyl sites for hydroxylation is 1. The molecule has 0 amide bonds. The summed E-state index contributed by atoms with van der Waals surface area (Å²) in [6.45, 7) is 3.52. The van der Waals surface area contributed by atoms with Crippen molar-refractivity contribution in [3.8, 4) is 11.5 Å². The molecule has 0 aliphatic carbocycles. The van der Waals surface area contributed by atoms with Crippen LogP contribution in [-0.2, 0) is 10.0 Å². The van der Waals surface area contributed by atoms with Gasteiger partial charge in [-0.1, -0.05) is 13.0 Å². The van der Waals surface area contributed by atoms with Gasteiger partial charge in [0, 0.05) is 18.2 Å². The van der Waals surface area contributed by atoms with Gasteiger partial charge in [-0.25, -0.2) is 8.42 Å². The highest BCUT2D eigenvalue weighted by molar-refractivity contribution is 7.92. The Labute approximate surface area is 111 Å². The topological polar surface area (TPSA) is 85.1 Å². The van der Waals surface area contributed by atoms with Gasteiger partial charge in [-0.2, -0.15) is 0 Å². The van der Waals surface area contributed by atoms with Crippen LogP contribution in [0.15, 0.2) is 28.7 Å². The highest BCUT2D eigenvalue weighted by Crippen LogP contribution is 2.22. The van der Waals surface area contributed by atoms with Crippen molar-refractivity contribution in [2.24, 2.45) is 0 Å². The summed E-state index contributed by atoms with van der Waals surface area (Å²) in [7, 11) is -3.30. The second kappa shape index (κ2) is 5.40. The Morgan fingerprint density at radius 3 is 2.74 bits per heavy atom. The maximum absolute atomic E-state index is 11.7. The number of hydrogen-bond acceptors (Lipinski definition) is 5. The summed E-state index contributed by atoms with van der Waals surface area (Å²) in [5.41, 5.74) is 1.17. The van der Waals surface area contributed by atoms with Gasteiger partial charge >= 0.3 is 0 Å². The van der Waals surface area contributed by atoms with Gasteiger partial charge < -0.3 is 4.42 Å². The van der Waals surface area contributed by atoms with Crippen molar-refractivity contribution in [2.45, 2.75) is 20.3 Å². The summed E-state index contributed by atoms with van der Waals surface area (Å²) < 4.78 is 31.2. The maximum atomic E-state index is 11.7. The van der Waals surface area contributed by atoms with Gasteiger partial charge in [-0.05, 0) is 24.6 Å². The molecule has 2 rings (SSSR count). The van der Waals surface area contributed by atoms with Crippen LogP contribution < -0.4 is 4.72 Å².